The molecule has 0 saturated heterocycles. The number of halogens is 2. The summed E-state index contributed by atoms with van der Waals surface area (Å²) in [5.41, 5.74) is 0.0421. The first-order valence-corrected chi connectivity index (χ1v) is 5.13. The summed E-state index contributed by atoms with van der Waals surface area (Å²) in [5, 5.41) is 8.69. The minimum Gasteiger partial charge on any atom is -0.462 e. The molecule has 0 radical (unpaired) electrons. The van der Waals surface area contributed by atoms with Gasteiger partial charge in [-0.1, -0.05) is 0 Å². The molecule has 0 aliphatic rings. The predicted octanol–water partition coefficient (Wildman–Crippen LogP) is 2.61. The number of nitriles is 1. The Morgan fingerprint density at radius 1 is 1.62 bits per heavy atom. The third-order valence-electron chi connectivity index (χ3n) is 1.90. The Morgan fingerprint density at radius 2 is 2.31 bits per heavy atom. The van der Waals surface area contributed by atoms with Gasteiger partial charge in [0.2, 0.25) is 0 Å². The van der Waals surface area contributed by atoms with E-state index in [2.05, 4.69) is 4.74 Å². The maximum absolute atomic E-state index is 13.6. The van der Waals surface area contributed by atoms with E-state index >= 15 is 0 Å². The van der Waals surface area contributed by atoms with Gasteiger partial charge in [-0.2, -0.15) is 5.26 Å². The zero-order valence-corrected chi connectivity index (χ0v) is 9.34. The van der Waals surface area contributed by atoms with Crippen LogP contribution in [0.3, 0.4) is 0 Å². The molecule has 0 spiro atoms. The Bertz CT molecular complexity index is 454. The average Bonchev–Trinajstić information content (AvgIpc) is 2.29. The molecule has 0 heterocycles. The Kier molecular flexibility index (Phi) is 4.27. The maximum atomic E-state index is 13.6. The number of hydrogen-bond donors (Lipinski definition) is 0. The molecular formula is C11H9ClFNO2. The van der Waals surface area contributed by atoms with Crippen molar-refractivity contribution in [2.24, 2.45) is 0 Å². The van der Waals surface area contributed by atoms with Gasteiger partial charge < -0.3 is 4.74 Å². The summed E-state index contributed by atoms with van der Waals surface area (Å²) < 4.78 is 18.3. The summed E-state index contributed by atoms with van der Waals surface area (Å²) in [5.74, 6) is -1.56. The minimum atomic E-state index is -0.866. The number of alkyl halides is 1. The number of rotatable bonds is 3. The quantitative estimate of drug-likeness (QED) is 0.604. The van der Waals surface area contributed by atoms with E-state index in [-0.39, 0.29) is 23.6 Å². The largest absolute Gasteiger partial charge is 0.462 e. The first-order chi connectivity index (χ1) is 7.63. The van der Waals surface area contributed by atoms with E-state index in [9.17, 15) is 9.18 Å². The van der Waals surface area contributed by atoms with Crippen molar-refractivity contribution >= 4 is 17.6 Å². The molecular weight excluding hydrogens is 233 g/mol. The highest BCUT2D eigenvalue weighted by molar-refractivity contribution is 6.17. The monoisotopic (exact) mass is 241 g/mol. The molecule has 84 valence electrons. The van der Waals surface area contributed by atoms with Gasteiger partial charge in [0.15, 0.2) is 5.82 Å². The predicted molar refractivity (Wildman–Crippen MR) is 56.6 cm³/mol. The molecule has 0 atom stereocenters. The van der Waals surface area contributed by atoms with Crippen molar-refractivity contribution in [3.05, 3.63) is 34.6 Å². The van der Waals surface area contributed by atoms with Gasteiger partial charge in [-0.3, -0.25) is 0 Å². The standard InChI is InChI=1S/C11H9ClFNO2/c1-2-16-11(15)9-4-7(5-12)3-8(6-14)10(9)13/h3-4H,2,5H2,1H3. The summed E-state index contributed by atoms with van der Waals surface area (Å²) >= 11 is 5.58. The molecule has 1 aromatic carbocycles. The minimum absolute atomic E-state index is 0.0986. The van der Waals surface area contributed by atoms with Crippen molar-refractivity contribution in [2.45, 2.75) is 12.8 Å². The smallest absolute Gasteiger partial charge is 0.341 e. The molecule has 3 nitrogen and oxygen atoms in total. The summed E-state index contributed by atoms with van der Waals surface area (Å²) in [6.45, 7) is 1.76. The average molecular weight is 242 g/mol. The second-order valence-corrected chi connectivity index (χ2v) is 3.24. The number of carbonyl (C=O) groups is 1. The fourth-order valence-electron chi connectivity index (χ4n) is 1.20. The molecule has 5 heteroatoms. The number of ether oxygens (including phenoxy) is 1. The van der Waals surface area contributed by atoms with Crippen LogP contribution in [-0.2, 0) is 10.6 Å². The lowest BCUT2D eigenvalue weighted by Gasteiger charge is -2.06. The summed E-state index contributed by atoms with van der Waals surface area (Å²) in [4.78, 5) is 11.4. The second kappa shape index (κ2) is 5.47. The van der Waals surface area contributed by atoms with E-state index in [4.69, 9.17) is 16.9 Å². The van der Waals surface area contributed by atoms with Crippen LogP contribution in [0.15, 0.2) is 12.1 Å². The zero-order chi connectivity index (χ0) is 12.1. The van der Waals surface area contributed by atoms with Crippen LogP contribution in [-0.4, -0.2) is 12.6 Å². The van der Waals surface area contributed by atoms with Crippen molar-refractivity contribution in [3.8, 4) is 6.07 Å². The van der Waals surface area contributed by atoms with Crippen molar-refractivity contribution in [2.75, 3.05) is 6.61 Å². The van der Waals surface area contributed by atoms with Crippen molar-refractivity contribution < 1.29 is 13.9 Å². The summed E-state index contributed by atoms with van der Waals surface area (Å²) in [7, 11) is 0. The van der Waals surface area contributed by atoms with Crippen LogP contribution >= 0.6 is 11.6 Å². The molecule has 0 aliphatic heterocycles. The van der Waals surface area contributed by atoms with E-state index in [0.29, 0.717) is 5.56 Å². The van der Waals surface area contributed by atoms with Crippen LogP contribution in [0.25, 0.3) is 0 Å². The van der Waals surface area contributed by atoms with Crippen molar-refractivity contribution in [1.82, 2.24) is 0 Å². The van der Waals surface area contributed by atoms with E-state index in [0.717, 1.165) is 0 Å². The molecule has 0 saturated carbocycles. The highest BCUT2D eigenvalue weighted by Crippen LogP contribution is 2.18. The molecule has 16 heavy (non-hydrogen) atoms. The Morgan fingerprint density at radius 3 is 2.81 bits per heavy atom. The fraction of sp³-hybridized carbons (Fsp3) is 0.273. The number of nitrogens with zero attached hydrogens (tertiary/aromatic N) is 1. The van der Waals surface area contributed by atoms with Crippen LogP contribution in [0.5, 0.6) is 0 Å². The van der Waals surface area contributed by atoms with Crippen molar-refractivity contribution in [3.63, 3.8) is 0 Å². The summed E-state index contributed by atoms with van der Waals surface area (Å²) in [6.07, 6.45) is 0. The van der Waals surface area contributed by atoms with Gasteiger partial charge in [0.25, 0.3) is 0 Å². The van der Waals surface area contributed by atoms with E-state index in [1.165, 1.54) is 12.1 Å². The van der Waals surface area contributed by atoms with Gasteiger partial charge in [-0.05, 0) is 24.6 Å². The molecule has 0 fully saturated rings. The van der Waals surface area contributed by atoms with Gasteiger partial charge in [0.05, 0.1) is 17.7 Å². The third-order valence-corrected chi connectivity index (χ3v) is 2.21. The summed E-state index contributed by atoms with van der Waals surface area (Å²) in [6, 6.07) is 4.27. The topological polar surface area (TPSA) is 50.1 Å². The number of carbonyl (C=O) groups excluding carboxylic acids is 1. The molecule has 0 unspecified atom stereocenters. The first kappa shape index (κ1) is 12.5. The van der Waals surface area contributed by atoms with Crippen LogP contribution in [0.1, 0.15) is 28.4 Å². The number of esters is 1. The Labute approximate surface area is 97.4 Å². The van der Waals surface area contributed by atoms with Crippen LogP contribution in [0, 0.1) is 17.1 Å². The normalized spacial score (nSPS) is 9.62. The lowest BCUT2D eigenvalue weighted by atomic mass is 10.1. The number of hydrogen-bond acceptors (Lipinski definition) is 3. The maximum Gasteiger partial charge on any atom is 0.341 e. The van der Waals surface area contributed by atoms with Crippen LogP contribution < -0.4 is 0 Å². The van der Waals surface area contributed by atoms with E-state index in [1.54, 1.807) is 13.0 Å². The Balaban J connectivity index is 3.27. The molecule has 1 rings (SSSR count). The Hall–Kier alpha value is -1.60. The third kappa shape index (κ3) is 2.50. The lowest BCUT2D eigenvalue weighted by molar-refractivity contribution is 0.0521. The van der Waals surface area contributed by atoms with Crippen LogP contribution in [0.2, 0.25) is 0 Å². The van der Waals surface area contributed by atoms with Gasteiger partial charge >= 0.3 is 5.97 Å². The molecule has 0 bridgehead atoms. The highest BCUT2D eigenvalue weighted by Gasteiger charge is 2.17. The lowest BCUT2D eigenvalue weighted by Crippen LogP contribution is -2.09. The van der Waals surface area contributed by atoms with Gasteiger partial charge in [-0.25, -0.2) is 9.18 Å². The highest BCUT2D eigenvalue weighted by atomic mass is 35.5. The molecule has 1 aromatic rings. The fourth-order valence-corrected chi connectivity index (χ4v) is 1.35. The van der Waals surface area contributed by atoms with Crippen LogP contribution in [0.4, 0.5) is 4.39 Å². The SMILES string of the molecule is CCOC(=O)c1cc(CCl)cc(C#N)c1F. The number of benzene rings is 1. The van der Waals surface area contributed by atoms with Gasteiger partial charge in [0, 0.05) is 5.88 Å². The molecule has 0 N–H and O–H groups in total. The first-order valence-electron chi connectivity index (χ1n) is 4.59. The van der Waals surface area contributed by atoms with Gasteiger partial charge in [-0.15, -0.1) is 11.6 Å². The van der Waals surface area contributed by atoms with E-state index in [1.807, 2.05) is 0 Å². The zero-order valence-electron chi connectivity index (χ0n) is 8.59. The molecule has 0 aromatic heterocycles. The molecule has 0 aliphatic carbocycles. The van der Waals surface area contributed by atoms with Crippen molar-refractivity contribution in [1.29, 1.82) is 5.26 Å². The second-order valence-electron chi connectivity index (χ2n) is 2.97. The van der Waals surface area contributed by atoms with Gasteiger partial charge in [0.1, 0.15) is 6.07 Å². The molecule has 0 amide bonds. The van der Waals surface area contributed by atoms with E-state index < -0.39 is 11.8 Å².